The molecule has 1 saturated carbocycles. The quantitative estimate of drug-likeness (QED) is 0.529. The molecular weight excluding hydrogens is 140 g/mol. The standard InChI is InChI=1S/C6H11F2NO/c7-6(8)3-1-2-4(9)5(6)10/h4-5,10H,1-3,9H2/t4?,5-/m0/s1. The molecule has 3 N–H and O–H groups in total. The molecule has 0 spiro atoms. The van der Waals surface area contributed by atoms with E-state index in [9.17, 15) is 8.78 Å². The summed E-state index contributed by atoms with van der Waals surface area (Å²) in [4.78, 5) is 0. The highest BCUT2D eigenvalue weighted by atomic mass is 19.3. The highest BCUT2D eigenvalue weighted by molar-refractivity contribution is 4.89. The maximum Gasteiger partial charge on any atom is 0.274 e. The molecule has 0 aliphatic heterocycles. The summed E-state index contributed by atoms with van der Waals surface area (Å²) in [5.41, 5.74) is 5.22. The van der Waals surface area contributed by atoms with Crippen molar-refractivity contribution in [3.8, 4) is 0 Å². The molecule has 0 bridgehead atoms. The molecule has 0 aromatic heterocycles. The first-order valence-corrected chi connectivity index (χ1v) is 3.35. The summed E-state index contributed by atoms with van der Waals surface area (Å²) in [6, 6.07) is -0.747. The lowest BCUT2D eigenvalue weighted by atomic mass is 9.90. The molecule has 1 rings (SSSR count). The van der Waals surface area contributed by atoms with Crippen molar-refractivity contribution < 1.29 is 13.9 Å². The van der Waals surface area contributed by atoms with Crippen molar-refractivity contribution in [3.63, 3.8) is 0 Å². The van der Waals surface area contributed by atoms with Crippen LogP contribution in [0, 0.1) is 0 Å². The van der Waals surface area contributed by atoms with Crippen LogP contribution < -0.4 is 5.73 Å². The van der Waals surface area contributed by atoms with Crippen LogP contribution in [-0.2, 0) is 0 Å². The van der Waals surface area contributed by atoms with Gasteiger partial charge >= 0.3 is 0 Å². The topological polar surface area (TPSA) is 46.2 Å². The lowest BCUT2D eigenvalue weighted by molar-refractivity contribution is -0.138. The van der Waals surface area contributed by atoms with Gasteiger partial charge < -0.3 is 10.8 Å². The molecule has 0 radical (unpaired) electrons. The number of nitrogens with two attached hydrogens (primary N) is 1. The Morgan fingerprint density at radius 2 is 2.10 bits per heavy atom. The Kier molecular flexibility index (Phi) is 1.92. The van der Waals surface area contributed by atoms with Gasteiger partial charge in [0.2, 0.25) is 0 Å². The molecule has 0 aromatic rings. The van der Waals surface area contributed by atoms with Gasteiger partial charge in [-0.1, -0.05) is 0 Å². The number of hydrogen-bond acceptors (Lipinski definition) is 2. The van der Waals surface area contributed by atoms with Crippen molar-refractivity contribution in [2.24, 2.45) is 5.73 Å². The largest absolute Gasteiger partial charge is 0.385 e. The average Bonchev–Trinajstić information content (AvgIpc) is 1.83. The number of hydrogen-bond donors (Lipinski definition) is 2. The van der Waals surface area contributed by atoms with Crippen LogP contribution in [-0.4, -0.2) is 23.2 Å². The van der Waals surface area contributed by atoms with Gasteiger partial charge in [0.15, 0.2) is 0 Å². The Hall–Kier alpha value is -0.220. The van der Waals surface area contributed by atoms with E-state index in [-0.39, 0.29) is 6.42 Å². The summed E-state index contributed by atoms with van der Waals surface area (Å²) in [6.07, 6.45) is -0.967. The first-order valence-electron chi connectivity index (χ1n) is 3.35. The molecule has 60 valence electrons. The van der Waals surface area contributed by atoms with Crippen LogP contribution >= 0.6 is 0 Å². The van der Waals surface area contributed by atoms with Crippen LogP contribution in [0.25, 0.3) is 0 Å². The molecule has 0 saturated heterocycles. The Labute approximate surface area is 58.0 Å². The fraction of sp³-hybridized carbons (Fsp3) is 1.00. The van der Waals surface area contributed by atoms with Gasteiger partial charge in [0.1, 0.15) is 6.10 Å². The molecule has 4 heteroatoms. The van der Waals surface area contributed by atoms with Crippen molar-refractivity contribution in [2.45, 2.75) is 37.3 Å². The molecule has 2 nitrogen and oxygen atoms in total. The van der Waals surface area contributed by atoms with Crippen LogP contribution in [0.4, 0.5) is 8.78 Å². The van der Waals surface area contributed by atoms with Crippen molar-refractivity contribution in [3.05, 3.63) is 0 Å². The van der Waals surface area contributed by atoms with E-state index in [1.807, 2.05) is 0 Å². The lowest BCUT2D eigenvalue weighted by Crippen LogP contribution is -2.50. The van der Waals surface area contributed by atoms with Gasteiger partial charge in [-0.25, -0.2) is 8.78 Å². The van der Waals surface area contributed by atoms with E-state index in [0.717, 1.165) is 0 Å². The fourth-order valence-corrected chi connectivity index (χ4v) is 1.19. The Morgan fingerprint density at radius 3 is 2.50 bits per heavy atom. The number of aliphatic hydroxyl groups excluding tert-OH is 1. The zero-order valence-electron chi connectivity index (χ0n) is 5.56. The van der Waals surface area contributed by atoms with E-state index >= 15 is 0 Å². The van der Waals surface area contributed by atoms with Crippen molar-refractivity contribution in [1.29, 1.82) is 0 Å². The van der Waals surface area contributed by atoms with Crippen LogP contribution in [0.5, 0.6) is 0 Å². The van der Waals surface area contributed by atoms with Gasteiger partial charge in [-0.15, -0.1) is 0 Å². The monoisotopic (exact) mass is 151 g/mol. The molecule has 0 amide bonds. The maximum atomic E-state index is 12.5. The molecule has 1 fully saturated rings. The second kappa shape index (κ2) is 2.43. The average molecular weight is 151 g/mol. The summed E-state index contributed by atoms with van der Waals surface area (Å²) >= 11 is 0. The molecule has 0 heterocycles. The first kappa shape index (κ1) is 7.88. The lowest BCUT2D eigenvalue weighted by Gasteiger charge is -2.31. The maximum absolute atomic E-state index is 12.5. The molecular formula is C6H11F2NO. The van der Waals surface area contributed by atoms with Crippen LogP contribution in [0.3, 0.4) is 0 Å². The summed E-state index contributed by atoms with van der Waals surface area (Å²) in [6.45, 7) is 0. The molecule has 0 aromatic carbocycles. The third-order valence-corrected chi connectivity index (χ3v) is 1.89. The summed E-state index contributed by atoms with van der Waals surface area (Å²) in [5, 5.41) is 8.83. The molecule has 10 heavy (non-hydrogen) atoms. The Bertz CT molecular complexity index is 129. The van der Waals surface area contributed by atoms with E-state index in [0.29, 0.717) is 12.8 Å². The zero-order valence-corrected chi connectivity index (χ0v) is 5.56. The number of alkyl halides is 2. The first-order chi connectivity index (χ1) is 4.54. The Balaban J connectivity index is 2.60. The minimum Gasteiger partial charge on any atom is -0.385 e. The minimum absolute atomic E-state index is 0.234. The third-order valence-electron chi connectivity index (χ3n) is 1.89. The van der Waals surface area contributed by atoms with E-state index in [2.05, 4.69) is 0 Å². The van der Waals surface area contributed by atoms with Crippen molar-refractivity contribution in [2.75, 3.05) is 0 Å². The third kappa shape index (κ3) is 1.27. The van der Waals surface area contributed by atoms with E-state index in [1.165, 1.54) is 0 Å². The summed E-state index contributed by atoms with van der Waals surface area (Å²) in [7, 11) is 0. The van der Waals surface area contributed by atoms with Crippen LogP contribution in [0.15, 0.2) is 0 Å². The number of rotatable bonds is 0. The second-order valence-electron chi connectivity index (χ2n) is 2.76. The minimum atomic E-state index is -2.96. The predicted octanol–water partition coefficient (Wildman–Crippen LogP) is 0.494. The SMILES string of the molecule is NC1CCCC(F)(F)[C@H]1O. The van der Waals surface area contributed by atoms with Gasteiger partial charge in [0, 0.05) is 12.5 Å². The molecule has 1 aliphatic rings. The number of aliphatic hydroxyl groups is 1. The second-order valence-corrected chi connectivity index (χ2v) is 2.76. The highest BCUT2D eigenvalue weighted by Gasteiger charge is 2.44. The van der Waals surface area contributed by atoms with Crippen LogP contribution in [0.1, 0.15) is 19.3 Å². The zero-order chi connectivity index (χ0) is 7.78. The van der Waals surface area contributed by atoms with Crippen LogP contribution in [0.2, 0.25) is 0 Å². The van der Waals surface area contributed by atoms with E-state index in [4.69, 9.17) is 10.8 Å². The predicted molar refractivity (Wildman–Crippen MR) is 32.8 cm³/mol. The van der Waals surface area contributed by atoms with Gasteiger partial charge in [-0.3, -0.25) is 0 Å². The highest BCUT2D eigenvalue weighted by Crippen LogP contribution is 2.32. The normalized spacial score (nSPS) is 39.6. The molecule has 1 unspecified atom stereocenters. The van der Waals surface area contributed by atoms with E-state index in [1.54, 1.807) is 0 Å². The molecule has 1 aliphatic carbocycles. The van der Waals surface area contributed by atoms with Gasteiger partial charge in [-0.05, 0) is 12.8 Å². The summed E-state index contributed by atoms with van der Waals surface area (Å²) < 4.78 is 25.0. The van der Waals surface area contributed by atoms with E-state index < -0.39 is 18.1 Å². The fourth-order valence-electron chi connectivity index (χ4n) is 1.19. The van der Waals surface area contributed by atoms with Gasteiger partial charge in [-0.2, -0.15) is 0 Å². The molecule has 2 atom stereocenters. The van der Waals surface area contributed by atoms with Crippen molar-refractivity contribution in [1.82, 2.24) is 0 Å². The smallest absolute Gasteiger partial charge is 0.274 e. The van der Waals surface area contributed by atoms with Crippen molar-refractivity contribution >= 4 is 0 Å². The number of halogens is 2. The summed E-state index contributed by atoms with van der Waals surface area (Å²) in [5.74, 6) is -2.96. The van der Waals surface area contributed by atoms with Gasteiger partial charge in [0.25, 0.3) is 5.92 Å². The Morgan fingerprint density at radius 1 is 1.50 bits per heavy atom. The van der Waals surface area contributed by atoms with Gasteiger partial charge in [0.05, 0.1) is 0 Å².